The number of rotatable bonds is 5. The van der Waals surface area contributed by atoms with Crippen LogP contribution < -0.4 is 10.1 Å². The molecule has 1 aromatic rings. The smallest absolute Gasteiger partial charge is 0.324 e. The van der Waals surface area contributed by atoms with E-state index in [2.05, 4.69) is 17.2 Å². The fraction of sp³-hybridized carbons (Fsp3) is 0.412. The first-order valence-electron chi connectivity index (χ1n) is 8.06. The van der Waals surface area contributed by atoms with Gasteiger partial charge in [-0.1, -0.05) is 11.8 Å². The highest BCUT2D eigenvalue weighted by atomic mass is 32.2. The van der Waals surface area contributed by atoms with Crippen molar-refractivity contribution in [2.24, 2.45) is 0 Å². The lowest BCUT2D eigenvalue weighted by atomic mass is 10.1. The fourth-order valence-electron chi connectivity index (χ4n) is 2.59. The maximum absolute atomic E-state index is 12.8. The molecule has 1 heterocycles. The van der Waals surface area contributed by atoms with Crippen molar-refractivity contribution < 1.29 is 33.0 Å². The van der Waals surface area contributed by atoms with E-state index in [9.17, 15) is 23.1 Å². The molecule has 3 N–H and O–H groups in total. The molecule has 146 valence electrons. The Morgan fingerprint density at radius 1 is 1.41 bits per heavy atom. The van der Waals surface area contributed by atoms with E-state index < -0.39 is 46.6 Å². The molecule has 0 radical (unpaired) electrons. The summed E-state index contributed by atoms with van der Waals surface area (Å²) in [6, 6.07) is 3.07. The number of carbonyl (C=O) groups excluding carboxylic acids is 1. The second kappa shape index (κ2) is 8.39. The summed E-state index contributed by atoms with van der Waals surface area (Å²) < 4.78 is 31.7. The minimum atomic E-state index is -4.20. The summed E-state index contributed by atoms with van der Waals surface area (Å²) in [6.45, 7) is 2.39. The predicted octanol–water partition coefficient (Wildman–Crippen LogP) is -0.588. The third kappa shape index (κ3) is 4.97. The highest BCUT2D eigenvalue weighted by Gasteiger charge is 2.44. The van der Waals surface area contributed by atoms with Gasteiger partial charge in [0.1, 0.15) is 24.5 Å². The number of hydrogen-bond acceptors (Lipinski definition) is 6. The number of ether oxygens (including phenoxy) is 1. The van der Waals surface area contributed by atoms with E-state index in [1.165, 1.54) is 38.1 Å². The van der Waals surface area contributed by atoms with Crippen LogP contribution in [-0.4, -0.2) is 66.2 Å². The van der Waals surface area contributed by atoms with Crippen LogP contribution in [0.25, 0.3) is 0 Å². The van der Waals surface area contributed by atoms with Crippen molar-refractivity contribution in [3.63, 3.8) is 0 Å². The quantitative estimate of drug-likeness (QED) is 0.567. The Balaban J connectivity index is 2.21. The molecule has 1 aromatic carbocycles. The molecule has 1 saturated heterocycles. The number of aliphatic hydroxyl groups is 1. The van der Waals surface area contributed by atoms with Gasteiger partial charge in [0.2, 0.25) is 15.9 Å². The van der Waals surface area contributed by atoms with Crippen molar-refractivity contribution in [1.29, 1.82) is 0 Å². The lowest BCUT2D eigenvalue weighted by Gasteiger charge is -2.36. The maximum atomic E-state index is 12.8. The van der Waals surface area contributed by atoms with E-state index in [0.717, 1.165) is 0 Å². The SMILES string of the molecule is CC(O)C#CCOc1ccc(S(=O)(=O)N2CC(=O)NC(C)C2C(=O)O)cc1. The number of sulfonamides is 1. The van der Waals surface area contributed by atoms with Gasteiger partial charge in [0, 0.05) is 0 Å². The van der Waals surface area contributed by atoms with Crippen LogP contribution in [0.4, 0.5) is 0 Å². The van der Waals surface area contributed by atoms with E-state index >= 15 is 0 Å². The fourth-order valence-corrected chi connectivity index (χ4v) is 4.20. The van der Waals surface area contributed by atoms with Crippen LogP contribution in [0.1, 0.15) is 13.8 Å². The molecule has 3 unspecified atom stereocenters. The van der Waals surface area contributed by atoms with Crippen LogP contribution in [0.15, 0.2) is 29.2 Å². The lowest BCUT2D eigenvalue weighted by Crippen LogP contribution is -2.63. The van der Waals surface area contributed by atoms with Gasteiger partial charge in [-0.15, -0.1) is 0 Å². The second-order valence-electron chi connectivity index (χ2n) is 5.95. The first-order chi connectivity index (χ1) is 12.6. The normalized spacial score (nSPS) is 21.5. The van der Waals surface area contributed by atoms with Gasteiger partial charge in [-0.2, -0.15) is 4.31 Å². The maximum Gasteiger partial charge on any atom is 0.324 e. The minimum Gasteiger partial charge on any atom is -0.481 e. The highest BCUT2D eigenvalue weighted by Crippen LogP contribution is 2.24. The van der Waals surface area contributed by atoms with Crippen molar-refractivity contribution in [3.8, 4) is 17.6 Å². The number of nitrogens with one attached hydrogen (secondary N) is 1. The third-order valence-corrected chi connectivity index (χ3v) is 5.62. The second-order valence-corrected chi connectivity index (χ2v) is 7.84. The van der Waals surface area contributed by atoms with E-state index in [-0.39, 0.29) is 11.5 Å². The van der Waals surface area contributed by atoms with E-state index in [1.54, 1.807) is 0 Å². The molecule has 1 aliphatic rings. The van der Waals surface area contributed by atoms with Gasteiger partial charge in [-0.05, 0) is 38.1 Å². The molecule has 9 nitrogen and oxygen atoms in total. The number of amides is 1. The zero-order chi connectivity index (χ0) is 20.2. The third-order valence-electron chi connectivity index (χ3n) is 3.78. The van der Waals surface area contributed by atoms with Crippen LogP contribution in [0.3, 0.4) is 0 Å². The average Bonchev–Trinajstić information content (AvgIpc) is 2.58. The van der Waals surface area contributed by atoms with Crippen LogP contribution in [0.2, 0.25) is 0 Å². The molecule has 2 rings (SSSR count). The van der Waals surface area contributed by atoms with Crippen LogP contribution in [-0.2, 0) is 19.6 Å². The van der Waals surface area contributed by atoms with Gasteiger partial charge >= 0.3 is 5.97 Å². The molecular formula is C17H20N2O7S. The monoisotopic (exact) mass is 396 g/mol. The van der Waals surface area contributed by atoms with E-state index in [4.69, 9.17) is 9.84 Å². The van der Waals surface area contributed by atoms with Gasteiger partial charge < -0.3 is 20.3 Å². The summed E-state index contributed by atoms with van der Waals surface area (Å²) in [4.78, 5) is 23.1. The van der Waals surface area contributed by atoms with Crippen molar-refractivity contribution in [2.75, 3.05) is 13.2 Å². The van der Waals surface area contributed by atoms with Crippen molar-refractivity contribution in [2.45, 2.75) is 36.9 Å². The molecule has 0 bridgehead atoms. The number of nitrogens with zero attached hydrogens (tertiary/aromatic N) is 1. The minimum absolute atomic E-state index is 0.0158. The van der Waals surface area contributed by atoms with Crippen LogP contribution in [0, 0.1) is 11.8 Å². The van der Waals surface area contributed by atoms with Gasteiger partial charge in [0.25, 0.3) is 0 Å². The standard InChI is InChI=1S/C17H20N2O7S/c1-11(20)4-3-9-26-13-5-7-14(8-6-13)27(24,25)19-10-15(21)18-12(2)16(19)17(22)23/h5-8,11-12,16,20H,9-10H2,1-2H3,(H,18,21)(H,22,23). The number of hydrogen-bond donors (Lipinski definition) is 3. The topological polar surface area (TPSA) is 133 Å². The number of aliphatic carboxylic acids is 1. The lowest BCUT2D eigenvalue weighted by molar-refractivity contribution is -0.144. The molecule has 1 aliphatic heterocycles. The van der Waals surface area contributed by atoms with Gasteiger partial charge in [0.15, 0.2) is 0 Å². The zero-order valence-corrected chi connectivity index (χ0v) is 15.6. The average molecular weight is 396 g/mol. The first-order valence-corrected chi connectivity index (χ1v) is 9.50. The summed E-state index contributed by atoms with van der Waals surface area (Å²) in [6.07, 6.45) is -0.771. The summed E-state index contributed by atoms with van der Waals surface area (Å²) in [5.74, 6) is 3.54. The summed E-state index contributed by atoms with van der Waals surface area (Å²) in [5, 5.41) is 20.8. The number of carboxylic acid groups (broad SMARTS) is 1. The largest absolute Gasteiger partial charge is 0.481 e. The van der Waals surface area contributed by atoms with E-state index in [1.807, 2.05) is 0 Å². The Morgan fingerprint density at radius 2 is 2.04 bits per heavy atom. The summed E-state index contributed by atoms with van der Waals surface area (Å²) >= 11 is 0. The number of carboxylic acids is 1. The first kappa shape index (κ1) is 20.7. The Labute approximate surface area is 157 Å². The Hall–Kier alpha value is -2.61. The molecule has 0 aromatic heterocycles. The molecule has 0 spiro atoms. The van der Waals surface area contributed by atoms with E-state index in [0.29, 0.717) is 10.1 Å². The Kier molecular flexibility index (Phi) is 6.43. The molecule has 10 heteroatoms. The molecule has 1 amide bonds. The number of carbonyl (C=O) groups is 2. The number of aliphatic hydroxyl groups excluding tert-OH is 1. The molecule has 0 saturated carbocycles. The van der Waals surface area contributed by atoms with Crippen molar-refractivity contribution in [1.82, 2.24) is 9.62 Å². The number of benzene rings is 1. The van der Waals surface area contributed by atoms with Crippen LogP contribution >= 0.6 is 0 Å². The Bertz CT molecular complexity index is 869. The molecular weight excluding hydrogens is 376 g/mol. The molecule has 0 aliphatic carbocycles. The molecule has 1 fully saturated rings. The molecule has 3 atom stereocenters. The molecule has 27 heavy (non-hydrogen) atoms. The Morgan fingerprint density at radius 3 is 2.59 bits per heavy atom. The highest BCUT2D eigenvalue weighted by molar-refractivity contribution is 7.89. The van der Waals surface area contributed by atoms with Crippen LogP contribution in [0.5, 0.6) is 5.75 Å². The number of piperazine rings is 1. The predicted molar refractivity (Wildman–Crippen MR) is 94.3 cm³/mol. The van der Waals surface area contributed by atoms with Gasteiger partial charge in [-0.25, -0.2) is 8.42 Å². The summed E-state index contributed by atoms with van der Waals surface area (Å²) in [7, 11) is -4.20. The summed E-state index contributed by atoms with van der Waals surface area (Å²) in [5.41, 5.74) is 0. The van der Waals surface area contributed by atoms with Gasteiger partial charge in [-0.3, -0.25) is 9.59 Å². The van der Waals surface area contributed by atoms with Crippen molar-refractivity contribution >= 4 is 21.9 Å². The van der Waals surface area contributed by atoms with Gasteiger partial charge in [0.05, 0.1) is 17.5 Å². The zero-order valence-electron chi connectivity index (χ0n) is 14.7. The van der Waals surface area contributed by atoms with Crippen molar-refractivity contribution in [3.05, 3.63) is 24.3 Å².